The zero-order chi connectivity index (χ0) is 27.1. The number of likely N-dealkylation sites (tertiary alicyclic amines) is 1. The molecule has 3 heterocycles. The van der Waals surface area contributed by atoms with Crippen molar-refractivity contribution in [3.63, 3.8) is 0 Å². The van der Waals surface area contributed by atoms with Crippen LogP contribution >= 0.6 is 23.2 Å². The average molecular weight is 558 g/mol. The van der Waals surface area contributed by atoms with Crippen LogP contribution in [0.3, 0.4) is 0 Å². The normalized spacial score (nSPS) is 14.8. The summed E-state index contributed by atoms with van der Waals surface area (Å²) in [6.45, 7) is 2.51. The lowest BCUT2D eigenvalue weighted by Crippen LogP contribution is -2.39. The van der Waals surface area contributed by atoms with E-state index >= 15 is 0 Å². The quantitative estimate of drug-likeness (QED) is 0.375. The molecule has 0 bridgehead atoms. The summed E-state index contributed by atoms with van der Waals surface area (Å²) in [6, 6.07) is 2.63. The molecular formula is C25H24Cl2F3N3O4. The van der Waals surface area contributed by atoms with Gasteiger partial charge in [-0.1, -0.05) is 23.2 Å². The SMILES string of the molecule is Cc1cc(OC(F)(F)F)cc2c1c(Cc1c(Cl)ncc(C(=O)N3CCC(CC(=O)O)CC3)c1Cl)cn2C. The highest BCUT2D eigenvalue weighted by atomic mass is 35.5. The molecular weight excluding hydrogens is 534 g/mol. The van der Waals surface area contributed by atoms with Crippen LogP contribution in [0.5, 0.6) is 5.75 Å². The van der Waals surface area contributed by atoms with Crippen molar-refractivity contribution in [3.05, 3.63) is 57.0 Å². The molecule has 1 saturated heterocycles. The molecule has 0 saturated carbocycles. The van der Waals surface area contributed by atoms with Crippen LogP contribution in [-0.2, 0) is 18.3 Å². The number of hydrogen-bond acceptors (Lipinski definition) is 4. The second-order valence-electron chi connectivity index (χ2n) is 9.21. The number of nitrogens with zero attached hydrogens (tertiary/aromatic N) is 3. The Balaban J connectivity index is 1.62. The molecule has 1 amide bonds. The number of ether oxygens (including phenoxy) is 1. The lowest BCUT2D eigenvalue weighted by atomic mass is 9.93. The van der Waals surface area contributed by atoms with Gasteiger partial charge in [-0.3, -0.25) is 9.59 Å². The number of carbonyl (C=O) groups is 2. The number of hydrogen-bond donors (Lipinski definition) is 1. The Morgan fingerprint density at radius 3 is 2.51 bits per heavy atom. The van der Waals surface area contributed by atoms with Gasteiger partial charge in [0.2, 0.25) is 0 Å². The largest absolute Gasteiger partial charge is 0.573 e. The van der Waals surface area contributed by atoms with Crippen LogP contribution in [0.1, 0.15) is 46.3 Å². The molecule has 0 radical (unpaired) electrons. The fraction of sp³-hybridized carbons (Fsp3) is 0.400. The van der Waals surface area contributed by atoms with Gasteiger partial charge in [0.25, 0.3) is 5.91 Å². The Labute approximate surface area is 220 Å². The van der Waals surface area contributed by atoms with Gasteiger partial charge in [0.05, 0.1) is 16.1 Å². The van der Waals surface area contributed by atoms with Crippen LogP contribution in [0.4, 0.5) is 13.2 Å². The van der Waals surface area contributed by atoms with Crippen LogP contribution in [-0.4, -0.2) is 50.9 Å². The van der Waals surface area contributed by atoms with Crippen molar-refractivity contribution in [2.45, 2.75) is 39.0 Å². The number of aromatic nitrogens is 2. The number of carboxylic acid groups (broad SMARTS) is 1. The molecule has 0 atom stereocenters. The zero-order valence-electron chi connectivity index (χ0n) is 20.0. The third-order valence-corrected chi connectivity index (χ3v) is 7.35. The monoisotopic (exact) mass is 557 g/mol. The molecule has 1 fully saturated rings. The molecule has 0 unspecified atom stereocenters. The summed E-state index contributed by atoms with van der Waals surface area (Å²) in [7, 11) is 1.71. The fourth-order valence-electron chi connectivity index (χ4n) is 4.88. The minimum Gasteiger partial charge on any atom is -0.481 e. The maximum absolute atomic E-state index is 13.2. The number of piperidine rings is 1. The third-order valence-electron chi connectivity index (χ3n) is 6.59. The molecule has 2 aromatic heterocycles. The first-order chi connectivity index (χ1) is 17.3. The molecule has 3 aromatic rings. The van der Waals surface area contributed by atoms with E-state index in [4.69, 9.17) is 28.3 Å². The second-order valence-corrected chi connectivity index (χ2v) is 9.95. The molecule has 1 aliphatic heterocycles. The van der Waals surface area contributed by atoms with E-state index in [1.165, 1.54) is 18.3 Å². The van der Waals surface area contributed by atoms with Crippen molar-refractivity contribution in [1.29, 1.82) is 0 Å². The van der Waals surface area contributed by atoms with E-state index in [1.807, 2.05) is 0 Å². The van der Waals surface area contributed by atoms with Crippen molar-refractivity contribution in [2.75, 3.05) is 13.1 Å². The van der Waals surface area contributed by atoms with Gasteiger partial charge in [-0.15, -0.1) is 13.2 Å². The van der Waals surface area contributed by atoms with Gasteiger partial charge in [-0.2, -0.15) is 0 Å². The first-order valence-corrected chi connectivity index (χ1v) is 12.3. The number of alkyl halides is 3. The maximum Gasteiger partial charge on any atom is 0.573 e. The fourth-order valence-corrected chi connectivity index (χ4v) is 5.43. The minimum absolute atomic E-state index is 0.0209. The van der Waals surface area contributed by atoms with Crippen molar-refractivity contribution in [3.8, 4) is 5.75 Å². The predicted molar refractivity (Wildman–Crippen MR) is 132 cm³/mol. The highest BCUT2D eigenvalue weighted by Crippen LogP contribution is 2.36. The summed E-state index contributed by atoms with van der Waals surface area (Å²) in [4.78, 5) is 30.0. The molecule has 198 valence electrons. The number of aliphatic carboxylic acids is 1. The van der Waals surface area contributed by atoms with E-state index in [9.17, 15) is 22.8 Å². The van der Waals surface area contributed by atoms with Crippen LogP contribution in [0.2, 0.25) is 10.2 Å². The van der Waals surface area contributed by atoms with Gasteiger partial charge < -0.3 is 19.3 Å². The highest BCUT2D eigenvalue weighted by Gasteiger charge is 2.32. The molecule has 4 rings (SSSR count). The van der Waals surface area contributed by atoms with Gasteiger partial charge in [-0.25, -0.2) is 4.98 Å². The first-order valence-electron chi connectivity index (χ1n) is 11.5. The number of rotatable bonds is 6. The lowest BCUT2D eigenvalue weighted by molar-refractivity contribution is -0.274. The summed E-state index contributed by atoms with van der Waals surface area (Å²) < 4.78 is 44.0. The molecule has 37 heavy (non-hydrogen) atoms. The highest BCUT2D eigenvalue weighted by molar-refractivity contribution is 6.37. The van der Waals surface area contributed by atoms with Crippen molar-refractivity contribution >= 4 is 46.0 Å². The van der Waals surface area contributed by atoms with Crippen LogP contribution < -0.4 is 4.74 Å². The molecule has 0 spiro atoms. The predicted octanol–water partition coefficient (Wildman–Crippen LogP) is 6.00. The maximum atomic E-state index is 13.2. The van der Waals surface area contributed by atoms with Crippen molar-refractivity contribution in [2.24, 2.45) is 13.0 Å². The average Bonchev–Trinajstić information content (AvgIpc) is 3.10. The number of carbonyl (C=O) groups excluding carboxylic acids is 1. The number of amides is 1. The topological polar surface area (TPSA) is 84.7 Å². The summed E-state index contributed by atoms with van der Waals surface area (Å²) in [5.41, 5.74) is 2.47. The van der Waals surface area contributed by atoms with Crippen LogP contribution in [0, 0.1) is 12.8 Å². The van der Waals surface area contributed by atoms with E-state index in [-0.39, 0.29) is 46.2 Å². The number of pyridine rings is 1. The Morgan fingerprint density at radius 1 is 1.22 bits per heavy atom. The zero-order valence-corrected chi connectivity index (χ0v) is 21.5. The van der Waals surface area contributed by atoms with E-state index in [2.05, 4.69) is 9.72 Å². The van der Waals surface area contributed by atoms with Crippen molar-refractivity contribution in [1.82, 2.24) is 14.5 Å². The Hall–Kier alpha value is -2.98. The minimum atomic E-state index is -4.81. The smallest absolute Gasteiger partial charge is 0.481 e. The van der Waals surface area contributed by atoms with Gasteiger partial charge in [-0.05, 0) is 42.9 Å². The number of halogens is 5. The Kier molecular flexibility index (Phi) is 7.62. The van der Waals surface area contributed by atoms with Gasteiger partial charge >= 0.3 is 12.3 Å². The summed E-state index contributed by atoms with van der Waals surface area (Å²) in [5, 5.41) is 10.0. The summed E-state index contributed by atoms with van der Waals surface area (Å²) in [6.07, 6.45) is -0.275. The lowest BCUT2D eigenvalue weighted by Gasteiger charge is -2.31. The van der Waals surface area contributed by atoms with Crippen LogP contribution in [0.25, 0.3) is 10.9 Å². The van der Waals surface area contributed by atoms with E-state index < -0.39 is 12.3 Å². The summed E-state index contributed by atoms with van der Waals surface area (Å²) in [5.74, 6) is -1.46. The third kappa shape index (κ3) is 5.96. The molecule has 1 N–H and O–H groups in total. The van der Waals surface area contributed by atoms with Crippen LogP contribution in [0.15, 0.2) is 24.5 Å². The Bertz CT molecular complexity index is 1370. The van der Waals surface area contributed by atoms with Gasteiger partial charge in [0, 0.05) is 62.4 Å². The number of benzene rings is 1. The number of carboxylic acids is 1. The van der Waals surface area contributed by atoms with Gasteiger partial charge in [0.1, 0.15) is 10.9 Å². The van der Waals surface area contributed by atoms with E-state index in [0.717, 1.165) is 10.9 Å². The van der Waals surface area contributed by atoms with Crippen molar-refractivity contribution < 1.29 is 32.6 Å². The van der Waals surface area contributed by atoms with E-state index in [1.54, 1.807) is 29.6 Å². The molecule has 1 aromatic carbocycles. The molecule has 7 nitrogen and oxygen atoms in total. The number of aryl methyl sites for hydroxylation is 2. The Morgan fingerprint density at radius 2 is 1.89 bits per heavy atom. The number of fused-ring (bicyclic) bond motifs is 1. The van der Waals surface area contributed by atoms with Gasteiger partial charge in [0.15, 0.2) is 0 Å². The molecule has 12 heteroatoms. The standard InChI is InChI=1S/C25H24Cl2F3N3O4/c1-13-7-16(37-25(28,29)30)10-19-21(13)15(12-32(19)2)9-17-22(26)18(11-31-23(17)27)24(36)33-5-3-14(4-6-33)8-20(34)35/h7,10-12,14H,3-6,8-9H2,1-2H3,(H,34,35). The molecule has 0 aliphatic carbocycles. The first kappa shape index (κ1) is 27.1. The van der Waals surface area contributed by atoms with E-state index in [0.29, 0.717) is 42.6 Å². The summed E-state index contributed by atoms with van der Waals surface area (Å²) >= 11 is 13.0. The second kappa shape index (κ2) is 10.4. The molecule has 1 aliphatic rings.